The van der Waals surface area contributed by atoms with E-state index in [-0.39, 0.29) is 11.9 Å². The molecule has 1 aromatic rings. The number of benzene rings is 1. The minimum Gasteiger partial charge on any atom is -0.494 e. The topological polar surface area (TPSA) is 21.3 Å². The van der Waals surface area contributed by atoms with E-state index in [0.717, 1.165) is 23.1 Å². The Bertz CT molecular complexity index is 435. The average Bonchev–Trinajstić information content (AvgIpc) is 2.52. The minimum absolute atomic E-state index is 0.210. The van der Waals surface area contributed by atoms with Gasteiger partial charge in [0.2, 0.25) is 0 Å². The summed E-state index contributed by atoms with van der Waals surface area (Å²) in [6.07, 6.45) is 6.78. The van der Waals surface area contributed by atoms with Gasteiger partial charge >= 0.3 is 0 Å². The largest absolute Gasteiger partial charge is 0.494 e. The molecule has 1 fully saturated rings. The number of ether oxygens (including phenoxy) is 1. The number of methoxy groups -OCH3 is 1. The van der Waals surface area contributed by atoms with Gasteiger partial charge < -0.3 is 10.1 Å². The second-order valence-electron chi connectivity index (χ2n) is 5.60. The van der Waals surface area contributed by atoms with Crippen LogP contribution in [0.2, 0.25) is 0 Å². The van der Waals surface area contributed by atoms with Gasteiger partial charge in [-0.05, 0) is 37.1 Å². The Hall–Kier alpha value is -0.740. The van der Waals surface area contributed by atoms with Gasteiger partial charge in [-0.2, -0.15) is 11.8 Å². The summed E-state index contributed by atoms with van der Waals surface area (Å²) in [5.74, 6) is 1.04. The molecule has 1 aliphatic carbocycles. The third-order valence-electron chi connectivity index (χ3n) is 4.08. The van der Waals surface area contributed by atoms with E-state index >= 15 is 0 Å². The lowest BCUT2D eigenvalue weighted by Crippen LogP contribution is -2.24. The lowest BCUT2D eigenvalue weighted by atomic mass is 10.0. The summed E-state index contributed by atoms with van der Waals surface area (Å²) in [7, 11) is 1.50. The Balaban J connectivity index is 1.98. The van der Waals surface area contributed by atoms with Crippen LogP contribution in [0.15, 0.2) is 18.2 Å². The highest BCUT2D eigenvalue weighted by Gasteiger charge is 2.18. The van der Waals surface area contributed by atoms with E-state index in [1.54, 1.807) is 12.1 Å². The zero-order valence-electron chi connectivity index (χ0n) is 13.0. The Kier molecular flexibility index (Phi) is 6.84. The molecule has 1 aliphatic rings. The second-order valence-corrected chi connectivity index (χ2v) is 6.93. The monoisotopic (exact) mass is 311 g/mol. The highest BCUT2D eigenvalue weighted by atomic mass is 32.2. The predicted molar refractivity (Wildman–Crippen MR) is 88.7 cm³/mol. The predicted octanol–water partition coefficient (Wildman–Crippen LogP) is 4.55. The van der Waals surface area contributed by atoms with Crippen molar-refractivity contribution in [1.29, 1.82) is 0 Å². The molecule has 0 saturated heterocycles. The van der Waals surface area contributed by atoms with Crippen LogP contribution >= 0.6 is 11.8 Å². The Morgan fingerprint density at radius 1 is 1.33 bits per heavy atom. The first-order valence-electron chi connectivity index (χ1n) is 7.93. The van der Waals surface area contributed by atoms with Crippen molar-refractivity contribution in [3.05, 3.63) is 29.6 Å². The molecule has 4 heteroatoms. The molecule has 1 unspecified atom stereocenters. The van der Waals surface area contributed by atoms with Crippen LogP contribution in [-0.2, 0) is 0 Å². The van der Waals surface area contributed by atoms with E-state index < -0.39 is 0 Å². The van der Waals surface area contributed by atoms with Crippen molar-refractivity contribution in [2.24, 2.45) is 0 Å². The van der Waals surface area contributed by atoms with Gasteiger partial charge in [-0.3, -0.25) is 0 Å². The molecule has 21 heavy (non-hydrogen) atoms. The fraction of sp³-hybridized carbons (Fsp3) is 0.647. The zero-order valence-corrected chi connectivity index (χ0v) is 13.8. The zero-order chi connectivity index (χ0) is 15.1. The summed E-state index contributed by atoms with van der Waals surface area (Å²) >= 11 is 2.04. The maximum atomic E-state index is 13.9. The van der Waals surface area contributed by atoms with Crippen molar-refractivity contribution < 1.29 is 9.13 Å². The van der Waals surface area contributed by atoms with Gasteiger partial charge in [-0.15, -0.1) is 0 Å². The van der Waals surface area contributed by atoms with Crippen molar-refractivity contribution in [2.45, 2.75) is 50.3 Å². The van der Waals surface area contributed by atoms with Crippen LogP contribution in [0.1, 0.15) is 50.6 Å². The van der Waals surface area contributed by atoms with Gasteiger partial charge in [0, 0.05) is 17.0 Å². The Morgan fingerprint density at radius 2 is 2.10 bits per heavy atom. The average molecular weight is 311 g/mol. The van der Waals surface area contributed by atoms with Crippen molar-refractivity contribution in [2.75, 3.05) is 19.4 Å². The number of rotatable bonds is 7. The van der Waals surface area contributed by atoms with E-state index in [0.29, 0.717) is 5.75 Å². The number of hydrogen-bond donors (Lipinski definition) is 1. The van der Waals surface area contributed by atoms with Gasteiger partial charge in [-0.25, -0.2) is 4.39 Å². The van der Waals surface area contributed by atoms with Crippen LogP contribution in [0.25, 0.3) is 0 Å². The summed E-state index contributed by atoms with van der Waals surface area (Å²) in [6, 6.07) is 5.51. The van der Waals surface area contributed by atoms with Crippen LogP contribution in [0.3, 0.4) is 0 Å². The molecule has 1 N–H and O–H groups in total. The van der Waals surface area contributed by atoms with Gasteiger partial charge in [0.1, 0.15) is 0 Å². The van der Waals surface area contributed by atoms with Crippen molar-refractivity contribution in [1.82, 2.24) is 5.32 Å². The molecule has 2 nitrogen and oxygen atoms in total. The fourth-order valence-corrected chi connectivity index (χ4v) is 4.32. The standard InChI is InChI=1S/C17H26FNOS/c1-3-19-16(12-21-14-7-5-4-6-8-14)13-9-10-17(20-2)15(18)11-13/h9-11,14,16,19H,3-8,12H2,1-2H3. The number of halogens is 1. The van der Waals surface area contributed by atoms with Gasteiger partial charge in [0.05, 0.1) is 7.11 Å². The molecule has 118 valence electrons. The van der Waals surface area contributed by atoms with E-state index in [9.17, 15) is 4.39 Å². The SMILES string of the molecule is CCNC(CSC1CCCCC1)c1ccc(OC)c(F)c1. The van der Waals surface area contributed by atoms with Gasteiger partial charge in [0.15, 0.2) is 11.6 Å². The van der Waals surface area contributed by atoms with Crippen LogP contribution in [-0.4, -0.2) is 24.7 Å². The van der Waals surface area contributed by atoms with E-state index in [1.165, 1.54) is 39.2 Å². The van der Waals surface area contributed by atoms with Crippen LogP contribution in [0.4, 0.5) is 4.39 Å². The highest BCUT2D eigenvalue weighted by molar-refractivity contribution is 7.99. The molecule has 0 heterocycles. The lowest BCUT2D eigenvalue weighted by Gasteiger charge is -2.25. The highest BCUT2D eigenvalue weighted by Crippen LogP contribution is 2.31. The second kappa shape index (κ2) is 8.64. The minimum atomic E-state index is -0.277. The van der Waals surface area contributed by atoms with Crippen LogP contribution < -0.4 is 10.1 Å². The summed E-state index contributed by atoms with van der Waals surface area (Å²) in [4.78, 5) is 0. The van der Waals surface area contributed by atoms with Crippen LogP contribution in [0, 0.1) is 5.82 Å². The third kappa shape index (κ3) is 4.89. The first-order valence-corrected chi connectivity index (χ1v) is 8.98. The lowest BCUT2D eigenvalue weighted by molar-refractivity contribution is 0.385. The van der Waals surface area contributed by atoms with Gasteiger partial charge in [-0.1, -0.05) is 32.3 Å². The van der Waals surface area contributed by atoms with E-state index in [4.69, 9.17) is 4.74 Å². The normalized spacial score (nSPS) is 17.7. The molecule has 1 aromatic carbocycles. The van der Waals surface area contributed by atoms with Crippen molar-refractivity contribution in [3.63, 3.8) is 0 Å². The summed E-state index contributed by atoms with van der Waals surface area (Å²) in [6.45, 7) is 2.99. The van der Waals surface area contributed by atoms with Crippen molar-refractivity contribution in [3.8, 4) is 5.75 Å². The number of nitrogens with one attached hydrogen (secondary N) is 1. The van der Waals surface area contributed by atoms with Gasteiger partial charge in [0.25, 0.3) is 0 Å². The number of thioether (sulfide) groups is 1. The maximum Gasteiger partial charge on any atom is 0.165 e. The first-order chi connectivity index (χ1) is 10.2. The van der Waals surface area contributed by atoms with E-state index in [2.05, 4.69) is 12.2 Å². The maximum absolute atomic E-state index is 13.9. The van der Waals surface area contributed by atoms with E-state index in [1.807, 2.05) is 17.8 Å². The first kappa shape index (κ1) is 16.6. The molecule has 0 amide bonds. The Labute approximate surface area is 131 Å². The fourth-order valence-electron chi connectivity index (χ4n) is 2.88. The molecular weight excluding hydrogens is 285 g/mol. The molecule has 1 atom stereocenters. The summed E-state index contributed by atoms with van der Waals surface area (Å²) in [5, 5.41) is 4.26. The quantitative estimate of drug-likeness (QED) is 0.798. The molecular formula is C17H26FNOS. The molecule has 2 rings (SSSR count). The summed E-state index contributed by atoms with van der Waals surface area (Å²) in [5.41, 5.74) is 1.01. The Morgan fingerprint density at radius 3 is 2.71 bits per heavy atom. The molecule has 0 bridgehead atoms. The molecule has 0 radical (unpaired) electrons. The third-order valence-corrected chi connectivity index (χ3v) is 5.55. The summed E-state index contributed by atoms with van der Waals surface area (Å²) < 4.78 is 18.9. The van der Waals surface area contributed by atoms with Crippen LogP contribution in [0.5, 0.6) is 5.75 Å². The number of hydrogen-bond acceptors (Lipinski definition) is 3. The molecule has 1 saturated carbocycles. The smallest absolute Gasteiger partial charge is 0.165 e. The molecule has 0 aliphatic heterocycles. The van der Waals surface area contributed by atoms with Crippen molar-refractivity contribution >= 4 is 11.8 Å². The molecule has 0 spiro atoms. The molecule has 0 aromatic heterocycles.